The quantitative estimate of drug-likeness (QED) is 0.837. The zero-order chi connectivity index (χ0) is 20.4. The largest absolute Gasteiger partial charge is 0.325 e. The number of nitrogens with one attached hydrogen (secondary N) is 1. The Balaban J connectivity index is 1.67. The second-order valence-corrected chi connectivity index (χ2v) is 9.05. The number of benzene rings is 1. The zero-order valence-corrected chi connectivity index (χ0v) is 16.0. The summed E-state index contributed by atoms with van der Waals surface area (Å²) in [4.78, 5) is 13.4. The number of halogens is 2. The van der Waals surface area contributed by atoms with Crippen LogP contribution in [0.5, 0.6) is 0 Å². The van der Waals surface area contributed by atoms with Gasteiger partial charge in [-0.25, -0.2) is 22.0 Å². The van der Waals surface area contributed by atoms with Gasteiger partial charge in [-0.3, -0.25) is 0 Å². The standard InChI is InChI=1S/C18H20F2N4O3S/c1-18(20,28(26,27)16-4-2-3-14(19)11-16)13-6-9-24(10-7-13)17(25)23-15-5-8-21-22-12-15/h2-5,8,11-13H,6-7,9-10H2,1H3,(H,21,23,25). The molecule has 1 aromatic heterocycles. The number of hydrogen-bond acceptors (Lipinski definition) is 5. The predicted molar refractivity (Wildman–Crippen MR) is 98.4 cm³/mol. The summed E-state index contributed by atoms with van der Waals surface area (Å²) >= 11 is 0. The van der Waals surface area contributed by atoms with Crippen molar-refractivity contribution in [1.29, 1.82) is 0 Å². The molecule has 0 radical (unpaired) electrons. The number of carbonyl (C=O) groups is 1. The summed E-state index contributed by atoms with van der Waals surface area (Å²) in [6, 6.07) is 5.55. The van der Waals surface area contributed by atoms with Crippen molar-refractivity contribution in [2.45, 2.75) is 29.7 Å². The summed E-state index contributed by atoms with van der Waals surface area (Å²) in [7, 11) is -4.39. The average molecular weight is 410 g/mol. The average Bonchev–Trinajstić information content (AvgIpc) is 2.68. The molecule has 10 heteroatoms. The zero-order valence-electron chi connectivity index (χ0n) is 15.2. The van der Waals surface area contributed by atoms with Crippen LogP contribution in [0.2, 0.25) is 0 Å². The highest BCUT2D eigenvalue weighted by atomic mass is 32.2. The Morgan fingerprint density at radius 2 is 1.96 bits per heavy atom. The molecule has 0 spiro atoms. The third kappa shape index (κ3) is 3.96. The summed E-state index contributed by atoms with van der Waals surface area (Å²) in [6.07, 6.45) is 3.18. The monoisotopic (exact) mass is 410 g/mol. The molecule has 0 aliphatic carbocycles. The van der Waals surface area contributed by atoms with E-state index in [1.54, 1.807) is 6.07 Å². The van der Waals surface area contributed by atoms with E-state index in [0.717, 1.165) is 19.1 Å². The number of amides is 2. The third-order valence-electron chi connectivity index (χ3n) is 4.98. The van der Waals surface area contributed by atoms with E-state index in [1.165, 1.54) is 29.4 Å². The van der Waals surface area contributed by atoms with Crippen molar-refractivity contribution in [3.63, 3.8) is 0 Å². The molecule has 2 aromatic rings. The Bertz CT molecular complexity index is 946. The van der Waals surface area contributed by atoms with Crippen LogP contribution in [0.25, 0.3) is 0 Å². The van der Waals surface area contributed by atoms with Gasteiger partial charge in [0.1, 0.15) is 5.82 Å². The van der Waals surface area contributed by atoms with Crippen LogP contribution in [0.15, 0.2) is 47.6 Å². The van der Waals surface area contributed by atoms with E-state index in [0.29, 0.717) is 5.69 Å². The van der Waals surface area contributed by atoms with Crippen LogP contribution in [0.3, 0.4) is 0 Å². The maximum Gasteiger partial charge on any atom is 0.321 e. The highest BCUT2D eigenvalue weighted by Gasteiger charge is 2.48. The molecule has 3 rings (SSSR count). The van der Waals surface area contributed by atoms with E-state index in [4.69, 9.17) is 0 Å². The molecule has 1 N–H and O–H groups in total. The molecule has 7 nitrogen and oxygen atoms in total. The highest BCUT2D eigenvalue weighted by molar-refractivity contribution is 7.92. The van der Waals surface area contributed by atoms with E-state index in [1.807, 2.05) is 0 Å². The first-order valence-corrected chi connectivity index (χ1v) is 10.2. The Hall–Kier alpha value is -2.62. The van der Waals surface area contributed by atoms with Crippen molar-refractivity contribution in [2.24, 2.45) is 5.92 Å². The Morgan fingerprint density at radius 1 is 1.25 bits per heavy atom. The van der Waals surface area contributed by atoms with Gasteiger partial charge in [0.2, 0.25) is 14.8 Å². The van der Waals surface area contributed by atoms with Gasteiger partial charge in [-0.2, -0.15) is 10.2 Å². The lowest BCUT2D eigenvalue weighted by molar-refractivity contribution is 0.117. The molecule has 0 bridgehead atoms. The lowest BCUT2D eigenvalue weighted by Crippen LogP contribution is -2.48. The first-order valence-electron chi connectivity index (χ1n) is 8.73. The fourth-order valence-corrected chi connectivity index (χ4v) is 4.91. The SMILES string of the molecule is CC(F)(C1CCN(C(=O)Nc2ccnnc2)CC1)S(=O)(=O)c1cccc(F)c1. The number of rotatable bonds is 4. The molecule has 1 unspecified atom stereocenters. The van der Waals surface area contributed by atoms with Gasteiger partial charge in [-0.15, -0.1) is 0 Å². The summed E-state index contributed by atoms with van der Waals surface area (Å²) in [5.41, 5.74) is 0.478. The molecule has 1 saturated heterocycles. The van der Waals surface area contributed by atoms with E-state index in [2.05, 4.69) is 15.5 Å². The third-order valence-corrected chi connectivity index (χ3v) is 7.24. The van der Waals surface area contributed by atoms with Crippen LogP contribution in [-0.2, 0) is 9.84 Å². The fraction of sp³-hybridized carbons (Fsp3) is 0.389. The molecule has 0 saturated carbocycles. The lowest BCUT2D eigenvalue weighted by atomic mass is 9.92. The highest BCUT2D eigenvalue weighted by Crippen LogP contribution is 2.39. The minimum atomic E-state index is -4.39. The number of anilines is 1. The first-order chi connectivity index (χ1) is 13.2. The van der Waals surface area contributed by atoms with Crippen LogP contribution < -0.4 is 5.32 Å². The Kier molecular flexibility index (Phi) is 5.59. The van der Waals surface area contributed by atoms with Crippen LogP contribution in [0.1, 0.15) is 19.8 Å². The summed E-state index contributed by atoms with van der Waals surface area (Å²) < 4.78 is 54.2. The number of carbonyl (C=O) groups excluding carboxylic acids is 1. The van der Waals surface area contributed by atoms with Gasteiger partial charge in [0.25, 0.3) is 0 Å². The van der Waals surface area contributed by atoms with Crippen molar-refractivity contribution < 1.29 is 22.0 Å². The van der Waals surface area contributed by atoms with Crippen molar-refractivity contribution >= 4 is 21.6 Å². The molecule has 150 valence electrons. The van der Waals surface area contributed by atoms with Gasteiger partial charge in [-0.05, 0) is 44.0 Å². The summed E-state index contributed by atoms with van der Waals surface area (Å²) in [5.74, 6) is -1.55. The minimum absolute atomic E-state index is 0.170. The van der Waals surface area contributed by atoms with Crippen LogP contribution >= 0.6 is 0 Å². The number of urea groups is 1. The van der Waals surface area contributed by atoms with E-state index >= 15 is 4.39 Å². The summed E-state index contributed by atoms with van der Waals surface area (Å²) in [6.45, 7) is 1.41. The van der Waals surface area contributed by atoms with Crippen molar-refractivity contribution in [3.05, 3.63) is 48.5 Å². The normalized spacial score (nSPS) is 17.8. The Labute approximate surface area is 161 Å². The molecule has 2 amide bonds. The second-order valence-electron chi connectivity index (χ2n) is 6.77. The van der Waals surface area contributed by atoms with Crippen molar-refractivity contribution in [3.8, 4) is 0 Å². The number of nitrogens with zero attached hydrogens (tertiary/aromatic N) is 3. The molecule has 1 atom stereocenters. The Morgan fingerprint density at radius 3 is 2.57 bits per heavy atom. The fourth-order valence-electron chi connectivity index (χ4n) is 3.25. The smallest absolute Gasteiger partial charge is 0.321 e. The molecule has 1 aliphatic rings. The summed E-state index contributed by atoms with van der Waals surface area (Å²) in [5, 5.41) is 7.37. The molecule has 1 aromatic carbocycles. The maximum absolute atomic E-state index is 15.4. The van der Waals surface area contributed by atoms with E-state index in [-0.39, 0.29) is 36.9 Å². The number of aromatic nitrogens is 2. The predicted octanol–water partition coefficient (Wildman–Crippen LogP) is 3.02. The van der Waals surface area contributed by atoms with Crippen LogP contribution in [0.4, 0.5) is 19.3 Å². The van der Waals surface area contributed by atoms with Crippen LogP contribution in [0, 0.1) is 11.7 Å². The number of likely N-dealkylation sites (tertiary alicyclic amines) is 1. The minimum Gasteiger partial charge on any atom is -0.325 e. The second kappa shape index (κ2) is 7.78. The lowest BCUT2D eigenvalue weighted by Gasteiger charge is -2.37. The van der Waals surface area contributed by atoms with Crippen molar-refractivity contribution in [2.75, 3.05) is 18.4 Å². The topological polar surface area (TPSA) is 92.3 Å². The van der Waals surface area contributed by atoms with Crippen molar-refractivity contribution in [1.82, 2.24) is 15.1 Å². The molecule has 2 heterocycles. The van der Waals surface area contributed by atoms with Gasteiger partial charge >= 0.3 is 6.03 Å². The number of piperidine rings is 1. The molecular weight excluding hydrogens is 390 g/mol. The number of sulfone groups is 1. The maximum atomic E-state index is 15.4. The molecule has 1 aliphatic heterocycles. The van der Waals surface area contributed by atoms with E-state index in [9.17, 15) is 17.6 Å². The van der Waals surface area contributed by atoms with Gasteiger partial charge in [-0.1, -0.05) is 6.07 Å². The van der Waals surface area contributed by atoms with Gasteiger partial charge in [0.05, 0.1) is 23.0 Å². The van der Waals surface area contributed by atoms with Gasteiger partial charge < -0.3 is 10.2 Å². The van der Waals surface area contributed by atoms with Gasteiger partial charge in [0, 0.05) is 19.0 Å². The molecule has 1 fully saturated rings. The number of hydrogen-bond donors (Lipinski definition) is 1. The van der Waals surface area contributed by atoms with Gasteiger partial charge in [0.15, 0.2) is 0 Å². The van der Waals surface area contributed by atoms with Crippen LogP contribution in [-0.4, -0.2) is 47.6 Å². The molecular formula is C18H20F2N4O3S. The number of alkyl halides is 1. The van der Waals surface area contributed by atoms with E-state index < -0.39 is 26.6 Å². The molecule has 28 heavy (non-hydrogen) atoms. The first kappa shape index (κ1) is 20.1.